The molecule has 0 bridgehead atoms. The number of benzene rings is 1. The van der Waals surface area contributed by atoms with Gasteiger partial charge in [-0.25, -0.2) is 4.39 Å². The van der Waals surface area contributed by atoms with E-state index in [1.807, 2.05) is 4.90 Å². The normalized spacial score (nSPS) is 17.1. The molecule has 1 aromatic rings. The van der Waals surface area contributed by atoms with Gasteiger partial charge < -0.3 is 5.32 Å². The minimum absolute atomic E-state index is 0. The fourth-order valence-electron chi connectivity index (χ4n) is 2.60. The molecule has 0 aromatic heterocycles. The molecular weight excluding hydrogens is 423 g/mol. The summed E-state index contributed by atoms with van der Waals surface area (Å²) in [5, 5.41) is 3.15. The van der Waals surface area contributed by atoms with Gasteiger partial charge in [-0.15, -0.1) is 24.8 Å². The Morgan fingerprint density at radius 3 is 2.35 bits per heavy atom. The SMILES string of the molecule is Cl.Cl.Fc1ccc(Br)cc1[C@H](CCC(F)(F)F)N1CCNCC1. The molecule has 1 fully saturated rings. The second kappa shape index (κ2) is 10.0. The van der Waals surface area contributed by atoms with Crippen molar-refractivity contribution in [2.75, 3.05) is 26.2 Å². The van der Waals surface area contributed by atoms with Crippen molar-refractivity contribution in [1.82, 2.24) is 10.2 Å². The van der Waals surface area contributed by atoms with Gasteiger partial charge in [0, 0.05) is 48.7 Å². The van der Waals surface area contributed by atoms with Crippen LogP contribution >= 0.6 is 40.7 Å². The van der Waals surface area contributed by atoms with E-state index >= 15 is 0 Å². The highest BCUT2D eigenvalue weighted by molar-refractivity contribution is 9.10. The highest BCUT2D eigenvalue weighted by atomic mass is 79.9. The van der Waals surface area contributed by atoms with Crippen LogP contribution in [0.5, 0.6) is 0 Å². The topological polar surface area (TPSA) is 15.3 Å². The molecule has 0 aliphatic carbocycles. The maximum absolute atomic E-state index is 14.1. The molecule has 9 heteroatoms. The summed E-state index contributed by atoms with van der Waals surface area (Å²) in [6.45, 7) is 2.65. The predicted octanol–water partition coefficient (Wildman–Crippen LogP) is 4.72. The maximum atomic E-state index is 14.1. The molecule has 1 aliphatic heterocycles. The summed E-state index contributed by atoms with van der Waals surface area (Å²) in [6, 6.07) is 3.88. The van der Waals surface area contributed by atoms with Gasteiger partial charge in [-0.05, 0) is 24.6 Å². The average Bonchev–Trinajstić information content (AvgIpc) is 2.43. The van der Waals surface area contributed by atoms with Crippen LogP contribution in [-0.4, -0.2) is 37.3 Å². The Bertz CT molecular complexity index is 482. The van der Waals surface area contributed by atoms with Crippen LogP contribution < -0.4 is 5.32 Å². The highest BCUT2D eigenvalue weighted by Gasteiger charge is 2.32. The van der Waals surface area contributed by atoms with Crippen LogP contribution in [0.4, 0.5) is 17.6 Å². The van der Waals surface area contributed by atoms with Crippen LogP contribution in [0, 0.1) is 5.82 Å². The molecule has 1 N–H and O–H groups in total. The molecule has 1 heterocycles. The molecule has 0 spiro atoms. The smallest absolute Gasteiger partial charge is 0.314 e. The first-order chi connectivity index (χ1) is 9.87. The van der Waals surface area contributed by atoms with E-state index in [-0.39, 0.29) is 31.2 Å². The van der Waals surface area contributed by atoms with E-state index < -0.39 is 24.5 Å². The number of rotatable bonds is 4. The molecule has 134 valence electrons. The van der Waals surface area contributed by atoms with E-state index in [9.17, 15) is 17.6 Å². The maximum Gasteiger partial charge on any atom is 0.389 e. The van der Waals surface area contributed by atoms with E-state index in [4.69, 9.17) is 0 Å². The number of hydrogen-bond acceptors (Lipinski definition) is 2. The zero-order valence-electron chi connectivity index (χ0n) is 12.2. The van der Waals surface area contributed by atoms with Crippen LogP contribution in [0.25, 0.3) is 0 Å². The number of halogens is 7. The first-order valence-corrected chi connectivity index (χ1v) is 7.62. The molecule has 1 saturated heterocycles. The predicted molar refractivity (Wildman–Crippen MR) is 91.1 cm³/mol. The molecule has 2 rings (SSSR count). The van der Waals surface area contributed by atoms with Crippen molar-refractivity contribution in [2.45, 2.75) is 25.1 Å². The van der Waals surface area contributed by atoms with Gasteiger partial charge in [-0.3, -0.25) is 4.90 Å². The largest absolute Gasteiger partial charge is 0.389 e. The molecule has 0 saturated carbocycles. The molecule has 0 amide bonds. The summed E-state index contributed by atoms with van der Waals surface area (Å²) >= 11 is 3.26. The third-order valence-corrected chi connectivity index (χ3v) is 4.10. The standard InChI is InChI=1S/C14H17BrF4N2.2ClH/c15-10-1-2-12(16)11(9-10)13(3-4-14(17,18)19)21-7-5-20-6-8-21;;/h1-2,9,13,20H,3-8H2;2*1H/t13-;;/m0../s1. The fraction of sp³-hybridized carbons (Fsp3) is 0.571. The third-order valence-electron chi connectivity index (χ3n) is 3.61. The third kappa shape index (κ3) is 7.13. The molecule has 2 nitrogen and oxygen atoms in total. The van der Waals surface area contributed by atoms with Crippen LogP contribution in [0.1, 0.15) is 24.4 Å². The van der Waals surface area contributed by atoms with Gasteiger partial charge in [-0.1, -0.05) is 15.9 Å². The van der Waals surface area contributed by atoms with Gasteiger partial charge in [0.1, 0.15) is 5.82 Å². The van der Waals surface area contributed by atoms with Crippen LogP contribution in [0.15, 0.2) is 22.7 Å². The lowest BCUT2D eigenvalue weighted by molar-refractivity contribution is -0.138. The molecule has 0 radical (unpaired) electrons. The Morgan fingerprint density at radius 2 is 1.78 bits per heavy atom. The van der Waals surface area contributed by atoms with Crippen molar-refractivity contribution in [3.63, 3.8) is 0 Å². The second-order valence-corrected chi connectivity index (χ2v) is 6.04. The van der Waals surface area contributed by atoms with Crippen LogP contribution in [0.3, 0.4) is 0 Å². The van der Waals surface area contributed by atoms with Gasteiger partial charge >= 0.3 is 6.18 Å². The molecule has 1 atom stereocenters. The van der Waals surface area contributed by atoms with E-state index in [0.29, 0.717) is 36.2 Å². The lowest BCUT2D eigenvalue weighted by Crippen LogP contribution is -2.45. The quantitative estimate of drug-likeness (QED) is 0.680. The number of nitrogens with zero attached hydrogens (tertiary/aromatic N) is 1. The Hall–Kier alpha value is -0.0800. The number of hydrogen-bond donors (Lipinski definition) is 1. The molecule has 1 aliphatic rings. The summed E-state index contributed by atoms with van der Waals surface area (Å²) in [7, 11) is 0. The zero-order chi connectivity index (χ0) is 15.5. The lowest BCUT2D eigenvalue weighted by Gasteiger charge is -2.35. The Morgan fingerprint density at radius 1 is 1.17 bits per heavy atom. The van der Waals surface area contributed by atoms with Gasteiger partial charge in [0.2, 0.25) is 0 Å². The minimum atomic E-state index is -4.23. The molecular formula is C14H19BrCl2F4N2. The lowest BCUT2D eigenvalue weighted by atomic mass is 9.98. The van der Waals surface area contributed by atoms with Crippen LogP contribution in [-0.2, 0) is 0 Å². The van der Waals surface area contributed by atoms with Gasteiger partial charge in [0.25, 0.3) is 0 Å². The monoisotopic (exact) mass is 440 g/mol. The van der Waals surface area contributed by atoms with Crippen molar-refractivity contribution in [2.24, 2.45) is 0 Å². The fourth-order valence-corrected chi connectivity index (χ4v) is 2.98. The zero-order valence-corrected chi connectivity index (χ0v) is 15.4. The van der Waals surface area contributed by atoms with E-state index in [1.165, 1.54) is 6.07 Å². The van der Waals surface area contributed by atoms with Crippen molar-refractivity contribution in [3.05, 3.63) is 34.1 Å². The molecule has 0 unspecified atom stereocenters. The number of piperazine rings is 1. The van der Waals surface area contributed by atoms with E-state index in [0.717, 1.165) is 0 Å². The summed E-state index contributed by atoms with van der Waals surface area (Å²) in [6.07, 6.45) is -5.26. The van der Waals surface area contributed by atoms with Crippen molar-refractivity contribution >= 4 is 40.7 Å². The second-order valence-electron chi connectivity index (χ2n) is 5.12. The number of alkyl halides is 3. The van der Waals surface area contributed by atoms with Crippen molar-refractivity contribution in [1.29, 1.82) is 0 Å². The van der Waals surface area contributed by atoms with Crippen molar-refractivity contribution in [3.8, 4) is 0 Å². The van der Waals surface area contributed by atoms with Gasteiger partial charge in [0.05, 0.1) is 0 Å². The molecule has 23 heavy (non-hydrogen) atoms. The van der Waals surface area contributed by atoms with Gasteiger partial charge in [-0.2, -0.15) is 13.2 Å². The summed E-state index contributed by atoms with van der Waals surface area (Å²) in [4.78, 5) is 1.92. The summed E-state index contributed by atoms with van der Waals surface area (Å²) in [5.74, 6) is -0.455. The summed E-state index contributed by atoms with van der Waals surface area (Å²) < 4.78 is 52.4. The van der Waals surface area contributed by atoms with E-state index in [1.54, 1.807) is 12.1 Å². The van der Waals surface area contributed by atoms with E-state index in [2.05, 4.69) is 21.2 Å². The minimum Gasteiger partial charge on any atom is -0.314 e. The van der Waals surface area contributed by atoms with Crippen molar-refractivity contribution < 1.29 is 17.6 Å². The number of nitrogens with one attached hydrogen (secondary N) is 1. The Balaban J connectivity index is 0.00000242. The summed E-state index contributed by atoms with van der Waals surface area (Å²) in [5.41, 5.74) is 0.329. The van der Waals surface area contributed by atoms with Crippen LogP contribution in [0.2, 0.25) is 0 Å². The first-order valence-electron chi connectivity index (χ1n) is 6.83. The average molecular weight is 442 g/mol. The molecule has 1 aromatic carbocycles. The Kier molecular flexibility index (Phi) is 10.00. The Labute approximate surface area is 153 Å². The van der Waals surface area contributed by atoms with Gasteiger partial charge in [0.15, 0.2) is 0 Å². The first kappa shape index (κ1) is 22.9. The highest BCUT2D eigenvalue weighted by Crippen LogP contribution is 2.34.